The molecule has 1 aliphatic heterocycles. The van der Waals surface area contributed by atoms with Crippen molar-refractivity contribution in [2.45, 2.75) is 58.4 Å². The molecule has 1 unspecified atom stereocenters. The predicted molar refractivity (Wildman–Crippen MR) is 130 cm³/mol. The van der Waals surface area contributed by atoms with E-state index >= 15 is 0 Å². The minimum atomic E-state index is -2.94. The zero-order chi connectivity index (χ0) is 24.3. The van der Waals surface area contributed by atoms with Crippen molar-refractivity contribution in [3.05, 3.63) is 53.0 Å². The largest absolute Gasteiger partial charge is 0.356 e. The summed E-state index contributed by atoms with van der Waals surface area (Å²) in [6.07, 6.45) is 2.25. The molecule has 0 radical (unpaired) electrons. The summed E-state index contributed by atoms with van der Waals surface area (Å²) in [6, 6.07) is 8.20. The van der Waals surface area contributed by atoms with E-state index in [0.29, 0.717) is 12.1 Å². The van der Waals surface area contributed by atoms with Crippen LogP contribution in [0.25, 0.3) is 0 Å². The fraction of sp³-hybridized carbons (Fsp3) is 0.500. The number of pyridine rings is 1. The van der Waals surface area contributed by atoms with Gasteiger partial charge in [0.1, 0.15) is 11.6 Å². The molecule has 1 aromatic carbocycles. The SMILES string of the molecule is CC(C(=O)NCc1ccc(C(C)(C)C)nc1N1CCCC1)c1ccc(N(C)[SH](=O)=O)c(F)c1. The lowest BCUT2D eigenvalue weighted by atomic mass is 9.91. The molecule has 1 amide bonds. The Bertz CT molecular complexity index is 1080. The van der Waals surface area contributed by atoms with Gasteiger partial charge in [0.05, 0.1) is 11.6 Å². The van der Waals surface area contributed by atoms with Crippen LogP contribution < -0.4 is 14.5 Å². The van der Waals surface area contributed by atoms with E-state index in [-0.39, 0.29) is 17.0 Å². The number of benzene rings is 1. The number of hydrogen-bond acceptors (Lipinski definition) is 5. The Labute approximate surface area is 197 Å². The molecule has 2 aromatic rings. The lowest BCUT2D eigenvalue weighted by Crippen LogP contribution is -2.30. The molecule has 33 heavy (non-hydrogen) atoms. The average molecular weight is 477 g/mol. The molecule has 0 bridgehead atoms. The van der Waals surface area contributed by atoms with Crippen LogP contribution in [0, 0.1) is 5.82 Å². The van der Waals surface area contributed by atoms with E-state index in [9.17, 15) is 17.6 Å². The van der Waals surface area contributed by atoms with Crippen molar-refractivity contribution in [3.8, 4) is 0 Å². The van der Waals surface area contributed by atoms with Crippen molar-refractivity contribution in [2.24, 2.45) is 0 Å². The zero-order valence-electron chi connectivity index (χ0n) is 19.9. The summed E-state index contributed by atoms with van der Waals surface area (Å²) in [7, 11) is -1.66. The van der Waals surface area contributed by atoms with Crippen molar-refractivity contribution in [3.63, 3.8) is 0 Å². The van der Waals surface area contributed by atoms with Crippen LogP contribution in [0.1, 0.15) is 63.3 Å². The Balaban J connectivity index is 1.75. The van der Waals surface area contributed by atoms with Crippen LogP contribution in [0.3, 0.4) is 0 Å². The molecule has 7 nitrogen and oxygen atoms in total. The van der Waals surface area contributed by atoms with E-state index in [4.69, 9.17) is 4.98 Å². The van der Waals surface area contributed by atoms with E-state index < -0.39 is 22.6 Å². The smallest absolute Gasteiger partial charge is 0.227 e. The van der Waals surface area contributed by atoms with Crippen molar-refractivity contribution in [2.75, 3.05) is 29.3 Å². The molecule has 0 saturated carbocycles. The summed E-state index contributed by atoms with van der Waals surface area (Å²) >= 11 is 0. The topological polar surface area (TPSA) is 82.6 Å². The highest BCUT2D eigenvalue weighted by Gasteiger charge is 2.23. The Morgan fingerprint density at radius 3 is 2.45 bits per heavy atom. The number of amides is 1. The molecule has 0 spiro atoms. The van der Waals surface area contributed by atoms with Crippen LogP contribution in [-0.2, 0) is 27.6 Å². The molecule has 9 heteroatoms. The monoisotopic (exact) mass is 476 g/mol. The summed E-state index contributed by atoms with van der Waals surface area (Å²) in [6.45, 7) is 10.3. The summed E-state index contributed by atoms with van der Waals surface area (Å²) in [5, 5.41) is 2.96. The van der Waals surface area contributed by atoms with E-state index in [0.717, 1.165) is 47.3 Å². The Morgan fingerprint density at radius 1 is 1.21 bits per heavy atom. The van der Waals surface area contributed by atoms with Gasteiger partial charge < -0.3 is 10.2 Å². The second-order valence-corrected chi connectivity index (χ2v) is 10.6. The fourth-order valence-electron chi connectivity index (χ4n) is 3.87. The highest BCUT2D eigenvalue weighted by molar-refractivity contribution is 7.74. The van der Waals surface area contributed by atoms with Gasteiger partial charge in [-0.1, -0.05) is 32.9 Å². The molecule has 1 N–H and O–H groups in total. The summed E-state index contributed by atoms with van der Waals surface area (Å²) in [4.78, 5) is 20.0. The molecule has 180 valence electrons. The van der Waals surface area contributed by atoms with Crippen molar-refractivity contribution >= 4 is 28.3 Å². The molecular weight excluding hydrogens is 443 g/mol. The van der Waals surface area contributed by atoms with Gasteiger partial charge in [-0.05, 0) is 43.5 Å². The third-order valence-corrected chi connectivity index (χ3v) is 6.75. The standard InChI is InChI=1S/C24H33FN4O3S/c1-16(17-8-10-20(19(25)14-17)28(5)33(31)32)23(30)26-15-18-9-11-21(24(2,3)4)27-22(18)29-12-6-7-13-29/h8-11,14,16,33H,6-7,12-13,15H2,1-5H3,(H,26,30). The highest BCUT2D eigenvalue weighted by Crippen LogP contribution is 2.28. The van der Waals surface area contributed by atoms with E-state index in [1.165, 1.54) is 19.2 Å². The molecule has 1 saturated heterocycles. The summed E-state index contributed by atoms with van der Waals surface area (Å²) in [5.74, 6) is -0.611. The van der Waals surface area contributed by atoms with Crippen molar-refractivity contribution < 1.29 is 17.6 Å². The molecule has 1 aromatic heterocycles. The van der Waals surface area contributed by atoms with Crippen LogP contribution in [-0.4, -0.2) is 39.4 Å². The number of nitrogens with one attached hydrogen (secondary N) is 1. The first kappa shape index (κ1) is 25.0. The Hall–Kier alpha value is -2.68. The molecule has 1 atom stereocenters. The number of rotatable bonds is 7. The molecule has 3 rings (SSSR count). The fourth-order valence-corrected chi connectivity index (χ4v) is 4.20. The van der Waals surface area contributed by atoms with Gasteiger partial charge in [0, 0.05) is 43.4 Å². The molecular formula is C24H33FN4O3S. The van der Waals surface area contributed by atoms with Crippen molar-refractivity contribution in [1.29, 1.82) is 0 Å². The van der Waals surface area contributed by atoms with E-state index in [1.54, 1.807) is 13.0 Å². The van der Waals surface area contributed by atoms with Gasteiger partial charge in [-0.25, -0.2) is 17.8 Å². The lowest BCUT2D eigenvalue weighted by Gasteiger charge is -2.25. The number of thiol groups is 1. The number of halogens is 1. The third kappa shape index (κ3) is 5.82. The molecule has 1 fully saturated rings. The number of carbonyl (C=O) groups is 1. The number of nitrogens with zero attached hydrogens (tertiary/aromatic N) is 3. The van der Waals surface area contributed by atoms with E-state index in [1.807, 2.05) is 12.1 Å². The second kappa shape index (κ2) is 10.1. The first-order chi connectivity index (χ1) is 15.5. The molecule has 0 aliphatic carbocycles. The van der Waals surface area contributed by atoms with Gasteiger partial charge >= 0.3 is 0 Å². The minimum absolute atomic E-state index is 0.0530. The second-order valence-electron chi connectivity index (χ2n) is 9.54. The van der Waals surface area contributed by atoms with Gasteiger partial charge in [0.25, 0.3) is 0 Å². The van der Waals surface area contributed by atoms with Crippen molar-refractivity contribution in [1.82, 2.24) is 10.3 Å². The number of aromatic nitrogens is 1. The maximum Gasteiger partial charge on any atom is 0.227 e. The van der Waals surface area contributed by atoms with Crippen LogP contribution in [0.2, 0.25) is 0 Å². The van der Waals surface area contributed by atoms with Crippen LogP contribution in [0.5, 0.6) is 0 Å². The first-order valence-electron chi connectivity index (χ1n) is 11.2. The lowest BCUT2D eigenvalue weighted by molar-refractivity contribution is -0.122. The third-order valence-electron chi connectivity index (χ3n) is 6.04. The number of anilines is 2. The molecule has 2 heterocycles. The van der Waals surface area contributed by atoms with Gasteiger partial charge in [0.15, 0.2) is 0 Å². The maximum absolute atomic E-state index is 14.4. The molecule has 1 aliphatic rings. The number of hydrogen-bond donors (Lipinski definition) is 2. The van der Waals surface area contributed by atoms with Gasteiger partial charge in [-0.15, -0.1) is 0 Å². The predicted octanol–water partition coefficient (Wildman–Crippen LogP) is 3.50. The summed E-state index contributed by atoms with van der Waals surface area (Å²) < 4.78 is 37.5. The maximum atomic E-state index is 14.4. The van der Waals surface area contributed by atoms with Crippen LogP contribution in [0.4, 0.5) is 15.9 Å². The van der Waals surface area contributed by atoms with Crippen LogP contribution in [0.15, 0.2) is 30.3 Å². The highest BCUT2D eigenvalue weighted by atomic mass is 32.2. The first-order valence-corrected chi connectivity index (χ1v) is 12.3. The quantitative estimate of drug-likeness (QED) is 0.598. The normalized spacial score (nSPS) is 15.1. The van der Waals surface area contributed by atoms with Gasteiger partial charge in [-0.3, -0.25) is 9.10 Å². The van der Waals surface area contributed by atoms with Gasteiger partial charge in [-0.2, -0.15) is 0 Å². The Morgan fingerprint density at radius 2 is 1.88 bits per heavy atom. The zero-order valence-corrected chi connectivity index (χ0v) is 20.8. The van der Waals surface area contributed by atoms with Gasteiger partial charge in [0.2, 0.25) is 16.8 Å². The van der Waals surface area contributed by atoms with Crippen LogP contribution >= 0.6 is 0 Å². The number of carbonyl (C=O) groups excluding carboxylic acids is 1. The minimum Gasteiger partial charge on any atom is -0.356 e. The summed E-state index contributed by atoms with van der Waals surface area (Å²) in [5.41, 5.74) is 2.31. The average Bonchev–Trinajstić information content (AvgIpc) is 3.30. The Kier molecular flexibility index (Phi) is 7.62. The van der Waals surface area contributed by atoms with E-state index in [2.05, 4.69) is 31.0 Å².